The number of aromatic nitrogens is 1. The summed E-state index contributed by atoms with van der Waals surface area (Å²) in [6.45, 7) is -0.0304. The molecule has 1 heterocycles. The normalized spacial score (nSPS) is 11.4. The highest BCUT2D eigenvalue weighted by Crippen LogP contribution is 2.28. The van der Waals surface area contributed by atoms with E-state index in [9.17, 15) is 18.3 Å². The molecular formula is C12H11Cl2N3O4S2. The number of rotatable bonds is 5. The van der Waals surface area contributed by atoms with Gasteiger partial charge >= 0.3 is 0 Å². The summed E-state index contributed by atoms with van der Waals surface area (Å²) >= 11 is 12.6. The maximum atomic E-state index is 12.1. The summed E-state index contributed by atoms with van der Waals surface area (Å²) in [6, 6.07) is 4.08. The summed E-state index contributed by atoms with van der Waals surface area (Å²) in [5.74, 6) is -0.858. The van der Waals surface area contributed by atoms with Crippen molar-refractivity contribution in [2.45, 2.75) is 6.54 Å². The summed E-state index contributed by atoms with van der Waals surface area (Å²) in [4.78, 5) is 16.5. The van der Waals surface area contributed by atoms with Crippen LogP contribution in [0.5, 0.6) is 5.75 Å². The fourth-order valence-electron chi connectivity index (χ4n) is 1.55. The first-order valence-corrected chi connectivity index (χ1v) is 9.52. The molecule has 0 fully saturated rings. The van der Waals surface area contributed by atoms with Gasteiger partial charge in [0.1, 0.15) is 10.9 Å². The number of hydrogen-bond donors (Lipinski definition) is 3. The Bertz CT molecular complexity index is 852. The monoisotopic (exact) mass is 395 g/mol. The lowest BCUT2D eigenvalue weighted by molar-refractivity contribution is 0.102. The Balaban J connectivity index is 2.13. The van der Waals surface area contributed by atoms with Crippen molar-refractivity contribution in [3.05, 3.63) is 38.8 Å². The van der Waals surface area contributed by atoms with Crippen LogP contribution in [0.25, 0.3) is 0 Å². The fourth-order valence-corrected chi connectivity index (χ4v) is 3.32. The summed E-state index contributed by atoms with van der Waals surface area (Å²) in [5, 5.41) is 12.8. The van der Waals surface area contributed by atoms with Crippen molar-refractivity contribution in [3.8, 4) is 5.75 Å². The quantitative estimate of drug-likeness (QED) is 0.720. The lowest BCUT2D eigenvalue weighted by atomic mass is 10.2. The number of nitrogens with zero attached hydrogens (tertiary/aromatic N) is 1. The van der Waals surface area contributed by atoms with Crippen molar-refractivity contribution in [1.82, 2.24) is 9.71 Å². The van der Waals surface area contributed by atoms with Gasteiger partial charge in [0.05, 0.1) is 16.7 Å². The summed E-state index contributed by atoms with van der Waals surface area (Å²) in [7, 11) is -3.37. The Labute approximate surface area is 146 Å². The molecule has 0 radical (unpaired) electrons. The van der Waals surface area contributed by atoms with Gasteiger partial charge in [0.2, 0.25) is 10.0 Å². The molecule has 23 heavy (non-hydrogen) atoms. The number of phenolic OH excluding ortho intramolecular Hbond substituents is 1. The van der Waals surface area contributed by atoms with Crippen LogP contribution in [0.2, 0.25) is 10.2 Å². The number of hydrogen-bond acceptors (Lipinski definition) is 6. The van der Waals surface area contributed by atoms with E-state index in [1.165, 1.54) is 18.2 Å². The van der Waals surface area contributed by atoms with Crippen molar-refractivity contribution in [2.75, 3.05) is 11.6 Å². The molecule has 3 N–H and O–H groups in total. The lowest BCUT2D eigenvalue weighted by Crippen LogP contribution is -2.20. The number of anilines is 1. The zero-order chi connectivity index (χ0) is 17.2. The van der Waals surface area contributed by atoms with Gasteiger partial charge in [-0.05, 0) is 18.2 Å². The van der Waals surface area contributed by atoms with Gasteiger partial charge in [-0.3, -0.25) is 10.1 Å². The molecule has 0 aliphatic carbocycles. The first-order chi connectivity index (χ1) is 10.7. The van der Waals surface area contributed by atoms with Gasteiger partial charge in [0, 0.05) is 11.6 Å². The average Bonchev–Trinajstić information content (AvgIpc) is 2.75. The molecule has 0 unspecified atom stereocenters. The van der Waals surface area contributed by atoms with E-state index in [1.807, 2.05) is 0 Å². The maximum absolute atomic E-state index is 12.1. The van der Waals surface area contributed by atoms with Gasteiger partial charge in [0.25, 0.3) is 5.91 Å². The standard InChI is InChI=1S/C12H11Cl2N3O4S2/c1-23(20,21)15-5-9-10(14)16-12(22-9)17-11(19)7-3-2-6(13)4-8(7)18/h2-4,15,18H,5H2,1H3,(H,16,17,19). The highest BCUT2D eigenvalue weighted by molar-refractivity contribution is 7.88. The topological polar surface area (TPSA) is 108 Å². The molecule has 0 bridgehead atoms. The maximum Gasteiger partial charge on any atom is 0.261 e. The predicted molar refractivity (Wildman–Crippen MR) is 89.9 cm³/mol. The zero-order valence-corrected chi connectivity index (χ0v) is 14.8. The second kappa shape index (κ2) is 7.02. The van der Waals surface area contributed by atoms with Gasteiger partial charge in [-0.2, -0.15) is 0 Å². The minimum Gasteiger partial charge on any atom is -0.507 e. The van der Waals surface area contributed by atoms with Crippen LogP contribution in [0.3, 0.4) is 0 Å². The molecule has 0 atom stereocenters. The van der Waals surface area contributed by atoms with Gasteiger partial charge in [0.15, 0.2) is 5.13 Å². The second-order valence-electron chi connectivity index (χ2n) is 4.44. The molecule has 2 rings (SSSR count). The molecule has 124 valence electrons. The van der Waals surface area contributed by atoms with Crippen molar-refractivity contribution < 1.29 is 18.3 Å². The molecule has 0 saturated carbocycles. The van der Waals surface area contributed by atoms with Gasteiger partial charge in [-0.15, -0.1) is 0 Å². The van der Waals surface area contributed by atoms with Crippen LogP contribution in [-0.4, -0.2) is 30.7 Å². The Morgan fingerprint density at radius 2 is 2.09 bits per heavy atom. The highest BCUT2D eigenvalue weighted by Gasteiger charge is 2.16. The SMILES string of the molecule is CS(=O)(=O)NCc1sc(NC(=O)c2ccc(Cl)cc2O)nc1Cl. The van der Waals surface area contributed by atoms with E-state index in [0.717, 1.165) is 17.6 Å². The number of sulfonamides is 1. The first kappa shape index (κ1) is 18.0. The number of halogens is 2. The Morgan fingerprint density at radius 3 is 2.70 bits per heavy atom. The Morgan fingerprint density at radius 1 is 1.39 bits per heavy atom. The molecule has 0 spiro atoms. The van der Waals surface area contributed by atoms with Crippen molar-refractivity contribution in [1.29, 1.82) is 0 Å². The van der Waals surface area contributed by atoms with E-state index in [1.54, 1.807) is 0 Å². The van der Waals surface area contributed by atoms with E-state index in [-0.39, 0.29) is 28.1 Å². The zero-order valence-electron chi connectivity index (χ0n) is 11.6. The van der Waals surface area contributed by atoms with E-state index < -0.39 is 15.9 Å². The number of carbonyl (C=O) groups excluding carboxylic acids is 1. The Hall–Kier alpha value is -1.39. The summed E-state index contributed by atoms with van der Waals surface area (Å²) < 4.78 is 24.4. The van der Waals surface area contributed by atoms with Crippen LogP contribution in [0.15, 0.2) is 18.2 Å². The number of benzene rings is 1. The Kier molecular flexibility index (Phi) is 5.48. The second-order valence-corrected chi connectivity index (χ2v) is 8.15. The molecule has 11 heteroatoms. The summed E-state index contributed by atoms with van der Waals surface area (Å²) in [5.41, 5.74) is 0.0246. The van der Waals surface area contributed by atoms with Crippen LogP contribution >= 0.6 is 34.5 Å². The predicted octanol–water partition coefficient (Wildman–Crippen LogP) is 2.46. The number of phenols is 1. The fraction of sp³-hybridized carbons (Fsp3) is 0.167. The molecule has 0 saturated heterocycles. The minimum absolute atomic E-state index is 0.0246. The van der Waals surface area contributed by atoms with E-state index in [4.69, 9.17) is 23.2 Å². The number of carbonyl (C=O) groups is 1. The highest BCUT2D eigenvalue weighted by atomic mass is 35.5. The molecule has 1 aromatic heterocycles. The van der Waals surface area contributed by atoms with Crippen molar-refractivity contribution >= 4 is 55.6 Å². The lowest BCUT2D eigenvalue weighted by Gasteiger charge is -2.04. The first-order valence-electron chi connectivity index (χ1n) is 6.05. The smallest absolute Gasteiger partial charge is 0.261 e. The minimum atomic E-state index is -3.37. The number of amides is 1. The van der Waals surface area contributed by atoms with Crippen molar-refractivity contribution in [3.63, 3.8) is 0 Å². The molecule has 7 nitrogen and oxygen atoms in total. The van der Waals surface area contributed by atoms with Crippen LogP contribution < -0.4 is 10.0 Å². The van der Waals surface area contributed by atoms with E-state index in [2.05, 4.69) is 15.0 Å². The largest absolute Gasteiger partial charge is 0.507 e. The average molecular weight is 396 g/mol. The van der Waals surface area contributed by atoms with E-state index >= 15 is 0 Å². The number of aromatic hydroxyl groups is 1. The van der Waals surface area contributed by atoms with Crippen LogP contribution in [-0.2, 0) is 16.6 Å². The third kappa shape index (κ3) is 5.05. The molecule has 2 aromatic rings. The molecule has 0 aliphatic heterocycles. The third-order valence-corrected chi connectivity index (χ3v) is 4.87. The third-order valence-electron chi connectivity index (χ3n) is 2.57. The van der Waals surface area contributed by atoms with Crippen LogP contribution in [0, 0.1) is 0 Å². The molecular weight excluding hydrogens is 385 g/mol. The van der Waals surface area contributed by atoms with Crippen LogP contribution in [0.4, 0.5) is 5.13 Å². The van der Waals surface area contributed by atoms with E-state index in [0.29, 0.717) is 9.90 Å². The molecule has 1 amide bonds. The van der Waals surface area contributed by atoms with Crippen molar-refractivity contribution in [2.24, 2.45) is 0 Å². The number of thiazole rings is 1. The number of nitrogens with one attached hydrogen (secondary N) is 2. The van der Waals surface area contributed by atoms with Gasteiger partial charge < -0.3 is 5.11 Å². The molecule has 1 aromatic carbocycles. The summed E-state index contributed by atoms with van der Waals surface area (Å²) in [6.07, 6.45) is 1.02. The van der Waals surface area contributed by atoms with Crippen LogP contribution in [0.1, 0.15) is 15.2 Å². The van der Waals surface area contributed by atoms with Gasteiger partial charge in [-0.25, -0.2) is 18.1 Å². The molecule has 0 aliphatic rings. The van der Waals surface area contributed by atoms with Gasteiger partial charge in [-0.1, -0.05) is 34.5 Å².